The molecule has 2 amide bonds. The van der Waals surface area contributed by atoms with Gasteiger partial charge in [-0.15, -0.1) is 0 Å². The van der Waals surface area contributed by atoms with Crippen LogP contribution in [0.5, 0.6) is 0 Å². The fraction of sp³-hybridized carbons (Fsp3) is 0.556. The fourth-order valence-corrected chi connectivity index (χ4v) is 2.10. The average molecular weight is 320 g/mol. The van der Waals surface area contributed by atoms with E-state index in [0.717, 1.165) is 0 Å². The molecule has 0 fully saturated rings. The van der Waals surface area contributed by atoms with Gasteiger partial charge in [0.25, 0.3) is 0 Å². The molecule has 0 bridgehead atoms. The van der Waals surface area contributed by atoms with Gasteiger partial charge in [0.15, 0.2) is 0 Å². The highest BCUT2D eigenvalue weighted by molar-refractivity contribution is 5.96. The largest absolute Gasteiger partial charge is 0.444 e. The van der Waals surface area contributed by atoms with Gasteiger partial charge in [-0.2, -0.15) is 0 Å². The summed E-state index contributed by atoms with van der Waals surface area (Å²) >= 11 is 0. The molecule has 5 heteroatoms. The second-order valence-electron chi connectivity index (χ2n) is 7.09. The summed E-state index contributed by atoms with van der Waals surface area (Å²) in [5, 5.41) is 2.86. The lowest BCUT2D eigenvalue weighted by molar-refractivity contribution is -0.121. The van der Waals surface area contributed by atoms with E-state index in [1.807, 2.05) is 44.2 Å². The first-order chi connectivity index (χ1) is 10.6. The molecule has 1 rings (SSSR count). The van der Waals surface area contributed by atoms with Gasteiger partial charge < -0.3 is 10.1 Å². The van der Waals surface area contributed by atoms with Gasteiger partial charge in [-0.25, -0.2) is 4.79 Å². The highest BCUT2D eigenvalue weighted by Gasteiger charge is 2.30. The molecule has 0 saturated carbocycles. The van der Waals surface area contributed by atoms with Crippen LogP contribution in [0.1, 0.15) is 41.0 Å². The van der Waals surface area contributed by atoms with E-state index < -0.39 is 17.7 Å². The van der Waals surface area contributed by atoms with Crippen molar-refractivity contribution < 1.29 is 14.3 Å². The van der Waals surface area contributed by atoms with Crippen LogP contribution in [0.4, 0.5) is 10.5 Å². The number of anilines is 1. The Bertz CT molecular complexity index is 521. The number of hydrogen-bond acceptors (Lipinski definition) is 3. The van der Waals surface area contributed by atoms with Gasteiger partial charge in [-0.05, 0) is 45.2 Å². The quantitative estimate of drug-likeness (QED) is 0.895. The molecule has 128 valence electrons. The first kappa shape index (κ1) is 19.0. The third-order valence-electron chi connectivity index (χ3n) is 3.19. The molecule has 0 radical (unpaired) electrons. The minimum absolute atomic E-state index is 0.210. The molecule has 1 N–H and O–H groups in total. The topological polar surface area (TPSA) is 58.6 Å². The van der Waals surface area contributed by atoms with Crippen molar-refractivity contribution in [3.63, 3.8) is 0 Å². The predicted molar refractivity (Wildman–Crippen MR) is 92.3 cm³/mol. The van der Waals surface area contributed by atoms with Crippen molar-refractivity contribution in [2.75, 3.05) is 12.4 Å². The molecule has 0 aliphatic heterocycles. The van der Waals surface area contributed by atoms with Gasteiger partial charge in [-0.3, -0.25) is 9.69 Å². The number of ether oxygens (including phenoxy) is 1. The first-order valence-corrected chi connectivity index (χ1v) is 7.92. The second kappa shape index (κ2) is 7.99. The Morgan fingerprint density at radius 2 is 1.74 bits per heavy atom. The van der Waals surface area contributed by atoms with Crippen LogP contribution in [-0.2, 0) is 9.53 Å². The van der Waals surface area contributed by atoms with Crippen LogP contribution in [0.2, 0.25) is 0 Å². The van der Waals surface area contributed by atoms with E-state index in [-0.39, 0.29) is 11.8 Å². The van der Waals surface area contributed by atoms with Crippen LogP contribution in [0.3, 0.4) is 0 Å². The number of carbonyl (C=O) groups is 2. The van der Waals surface area contributed by atoms with E-state index in [1.54, 1.807) is 27.8 Å². The number of amides is 2. The molecule has 5 nitrogen and oxygen atoms in total. The fourth-order valence-electron chi connectivity index (χ4n) is 2.10. The Morgan fingerprint density at radius 3 is 2.22 bits per heavy atom. The zero-order chi connectivity index (χ0) is 17.6. The zero-order valence-corrected chi connectivity index (χ0v) is 14.9. The third-order valence-corrected chi connectivity index (χ3v) is 3.19. The summed E-state index contributed by atoms with van der Waals surface area (Å²) in [7, 11) is 1.60. The van der Waals surface area contributed by atoms with Crippen LogP contribution < -0.4 is 5.32 Å². The van der Waals surface area contributed by atoms with Gasteiger partial charge in [-0.1, -0.05) is 32.0 Å². The molecule has 1 atom stereocenters. The molecule has 0 aromatic heterocycles. The number of rotatable bonds is 5. The Morgan fingerprint density at radius 1 is 1.17 bits per heavy atom. The lowest BCUT2D eigenvalue weighted by atomic mass is 10.0. The lowest BCUT2D eigenvalue weighted by Gasteiger charge is -2.30. The van der Waals surface area contributed by atoms with Gasteiger partial charge >= 0.3 is 6.09 Å². The Kier molecular flexibility index (Phi) is 6.61. The van der Waals surface area contributed by atoms with Crippen molar-refractivity contribution in [3.8, 4) is 0 Å². The monoisotopic (exact) mass is 320 g/mol. The number of carbonyl (C=O) groups excluding carboxylic acids is 2. The summed E-state index contributed by atoms with van der Waals surface area (Å²) in [6.07, 6.45) is 0.0698. The van der Waals surface area contributed by atoms with Crippen LogP contribution in [0.25, 0.3) is 0 Å². The number of likely N-dealkylation sites (N-methyl/N-ethyl adjacent to an activating group) is 1. The number of benzene rings is 1. The standard InChI is InChI=1S/C18H28N2O3/c1-13(2)12-15(20(6)17(22)23-18(3,4)5)16(21)19-14-10-8-7-9-11-14/h7-11,13,15H,12H2,1-6H3,(H,19,21). The van der Waals surface area contributed by atoms with Gasteiger partial charge in [0.05, 0.1) is 0 Å². The van der Waals surface area contributed by atoms with E-state index >= 15 is 0 Å². The Hall–Kier alpha value is -2.04. The van der Waals surface area contributed by atoms with Crippen LogP contribution in [0.15, 0.2) is 30.3 Å². The zero-order valence-electron chi connectivity index (χ0n) is 14.9. The van der Waals surface area contributed by atoms with Crippen molar-refractivity contribution in [2.45, 2.75) is 52.7 Å². The van der Waals surface area contributed by atoms with E-state index in [2.05, 4.69) is 5.32 Å². The summed E-state index contributed by atoms with van der Waals surface area (Å²) in [6, 6.07) is 8.64. The average Bonchev–Trinajstić information content (AvgIpc) is 2.43. The predicted octanol–water partition coefficient (Wildman–Crippen LogP) is 3.91. The third kappa shape index (κ3) is 6.72. The molecule has 0 aliphatic rings. The molecule has 1 unspecified atom stereocenters. The molecule has 0 saturated heterocycles. The molecular formula is C18H28N2O3. The van der Waals surface area contributed by atoms with Gasteiger partial charge in [0.2, 0.25) is 5.91 Å². The second-order valence-corrected chi connectivity index (χ2v) is 7.09. The molecule has 23 heavy (non-hydrogen) atoms. The van der Waals surface area contributed by atoms with Crippen molar-refractivity contribution in [1.29, 1.82) is 0 Å². The van der Waals surface area contributed by atoms with Crippen LogP contribution in [0, 0.1) is 5.92 Å². The smallest absolute Gasteiger partial charge is 0.410 e. The Balaban J connectivity index is 2.86. The van der Waals surface area contributed by atoms with E-state index in [1.165, 1.54) is 4.90 Å². The van der Waals surface area contributed by atoms with Crippen LogP contribution in [-0.4, -0.2) is 35.6 Å². The summed E-state index contributed by atoms with van der Waals surface area (Å²) < 4.78 is 5.37. The van der Waals surface area contributed by atoms with Gasteiger partial charge in [0.1, 0.15) is 11.6 Å². The van der Waals surface area contributed by atoms with Crippen molar-refractivity contribution in [1.82, 2.24) is 4.90 Å². The molecule has 1 aromatic rings. The molecule has 0 aliphatic carbocycles. The summed E-state index contributed by atoms with van der Waals surface area (Å²) in [4.78, 5) is 26.2. The maximum absolute atomic E-state index is 12.6. The minimum Gasteiger partial charge on any atom is -0.444 e. The number of nitrogens with one attached hydrogen (secondary N) is 1. The molecular weight excluding hydrogens is 292 g/mol. The lowest BCUT2D eigenvalue weighted by Crippen LogP contribution is -2.47. The van der Waals surface area contributed by atoms with Crippen molar-refractivity contribution >= 4 is 17.7 Å². The van der Waals surface area contributed by atoms with E-state index in [9.17, 15) is 9.59 Å². The van der Waals surface area contributed by atoms with Gasteiger partial charge in [0, 0.05) is 12.7 Å². The summed E-state index contributed by atoms with van der Waals surface area (Å²) in [5.41, 5.74) is 0.118. The highest BCUT2D eigenvalue weighted by atomic mass is 16.6. The summed E-state index contributed by atoms with van der Waals surface area (Å²) in [6.45, 7) is 9.46. The number of hydrogen-bond donors (Lipinski definition) is 1. The maximum atomic E-state index is 12.6. The molecule has 1 aromatic carbocycles. The normalized spacial score (nSPS) is 12.7. The van der Waals surface area contributed by atoms with Crippen molar-refractivity contribution in [2.24, 2.45) is 5.92 Å². The number of nitrogens with zero attached hydrogens (tertiary/aromatic N) is 1. The van der Waals surface area contributed by atoms with Crippen molar-refractivity contribution in [3.05, 3.63) is 30.3 Å². The first-order valence-electron chi connectivity index (χ1n) is 7.92. The summed E-state index contributed by atoms with van der Waals surface area (Å²) in [5.74, 6) is 0.0599. The molecule has 0 heterocycles. The van der Waals surface area contributed by atoms with E-state index in [0.29, 0.717) is 12.1 Å². The highest BCUT2D eigenvalue weighted by Crippen LogP contribution is 2.17. The minimum atomic E-state index is -0.594. The van der Waals surface area contributed by atoms with Crippen LogP contribution >= 0.6 is 0 Å². The number of para-hydroxylation sites is 1. The van der Waals surface area contributed by atoms with E-state index in [4.69, 9.17) is 4.74 Å². The molecule has 0 spiro atoms. The maximum Gasteiger partial charge on any atom is 0.410 e. The Labute approximate surface area is 139 Å². The SMILES string of the molecule is CC(C)CC(C(=O)Nc1ccccc1)N(C)C(=O)OC(C)(C)C.